The van der Waals surface area contributed by atoms with E-state index in [1.807, 2.05) is 0 Å². The van der Waals surface area contributed by atoms with E-state index in [1.54, 1.807) is 30.3 Å². The molecular weight excluding hydrogens is 469 g/mol. The highest BCUT2D eigenvalue weighted by Crippen LogP contribution is 2.41. The normalized spacial score (nSPS) is 12.7. The summed E-state index contributed by atoms with van der Waals surface area (Å²) in [4.78, 5) is 16.6. The highest BCUT2D eigenvalue weighted by molar-refractivity contribution is 6.35. The maximum Gasteiger partial charge on any atom is 0.412 e. The van der Waals surface area contributed by atoms with Gasteiger partial charge in [-0.1, -0.05) is 23.7 Å². The standard InChI is InChI=1S/C23H14ClF3N6O/c24-16-6-1-4-13-10-15(18(31-19(13)16)14-5-3-9-33(34)11-14)21(23(25,26)27)32-22-20-17(29-12-30-22)7-2-8-28-20/h1-12,21H,(H,29,30,32)/t21-/m0/s1. The van der Waals surface area contributed by atoms with Gasteiger partial charge in [0.05, 0.1) is 27.3 Å². The number of hydrogen-bond donors (Lipinski definition) is 1. The molecule has 0 aliphatic heterocycles. The predicted octanol–water partition coefficient (Wildman–Crippen LogP) is 5.24. The molecule has 0 spiro atoms. The molecule has 1 aromatic carbocycles. The van der Waals surface area contributed by atoms with Crippen molar-refractivity contribution in [1.82, 2.24) is 19.9 Å². The van der Waals surface area contributed by atoms with Crippen molar-refractivity contribution in [3.63, 3.8) is 0 Å². The topological polar surface area (TPSA) is 90.5 Å². The predicted molar refractivity (Wildman–Crippen MR) is 121 cm³/mol. The summed E-state index contributed by atoms with van der Waals surface area (Å²) in [5.74, 6) is -0.0861. The number of pyridine rings is 3. The van der Waals surface area contributed by atoms with Crippen LogP contribution in [0.25, 0.3) is 33.2 Å². The van der Waals surface area contributed by atoms with E-state index in [0.29, 0.717) is 21.2 Å². The fourth-order valence-electron chi connectivity index (χ4n) is 3.70. The van der Waals surface area contributed by atoms with Crippen LogP contribution in [-0.4, -0.2) is 26.1 Å². The maximum absolute atomic E-state index is 14.5. The monoisotopic (exact) mass is 482 g/mol. The summed E-state index contributed by atoms with van der Waals surface area (Å²) in [5.41, 5.74) is 0.869. The van der Waals surface area contributed by atoms with Crippen molar-refractivity contribution in [2.75, 3.05) is 5.32 Å². The third kappa shape index (κ3) is 4.03. The summed E-state index contributed by atoms with van der Waals surface area (Å²) in [5, 5.41) is 15.1. The van der Waals surface area contributed by atoms with Gasteiger partial charge in [-0.15, -0.1) is 0 Å². The van der Waals surface area contributed by atoms with Crippen LogP contribution >= 0.6 is 11.6 Å². The van der Waals surface area contributed by atoms with Gasteiger partial charge in [-0.3, -0.25) is 4.98 Å². The third-order valence-electron chi connectivity index (χ3n) is 5.19. The highest BCUT2D eigenvalue weighted by Gasteiger charge is 2.43. The molecule has 0 fully saturated rings. The second-order valence-corrected chi connectivity index (χ2v) is 7.81. The second kappa shape index (κ2) is 8.38. The Balaban J connectivity index is 1.75. The summed E-state index contributed by atoms with van der Waals surface area (Å²) in [7, 11) is 0. The van der Waals surface area contributed by atoms with Crippen LogP contribution in [0.3, 0.4) is 0 Å². The number of para-hydroxylation sites is 1. The number of rotatable bonds is 4. The van der Waals surface area contributed by atoms with Gasteiger partial charge in [0.15, 0.2) is 24.3 Å². The van der Waals surface area contributed by atoms with Crippen LogP contribution in [0.4, 0.5) is 19.0 Å². The zero-order valence-electron chi connectivity index (χ0n) is 17.2. The molecule has 0 saturated carbocycles. The molecule has 5 aromatic rings. The quantitative estimate of drug-likeness (QED) is 0.278. The first-order valence-corrected chi connectivity index (χ1v) is 10.4. The first-order chi connectivity index (χ1) is 16.3. The fourth-order valence-corrected chi connectivity index (χ4v) is 3.92. The summed E-state index contributed by atoms with van der Waals surface area (Å²) in [6.07, 6.45) is 0.244. The Morgan fingerprint density at radius 3 is 2.65 bits per heavy atom. The van der Waals surface area contributed by atoms with E-state index in [4.69, 9.17) is 11.6 Å². The number of hydrogen-bond acceptors (Lipinski definition) is 6. The molecule has 11 heteroatoms. The number of anilines is 1. The van der Waals surface area contributed by atoms with Gasteiger partial charge in [-0.05, 0) is 30.3 Å². The molecule has 0 bridgehead atoms. The van der Waals surface area contributed by atoms with Crippen molar-refractivity contribution in [2.24, 2.45) is 0 Å². The Labute approximate surface area is 195 Å². The van der Waals surface area contributed by atoms with Crippen molar-refractivity contribution in [2.45, 2.75) is 12.2 Å². The molecule has 34 heavy (non-hydrogen) atoms. The fraction of sp³-hybridized carbons (Fsp3) is 0.0870. The molecular formula is C23H14ClF3N6O. The molecule has 0 unspecified atom stereocenters. The molecule has 0 radical (unpaired) electrons. The number of nitrogens with one attached hydrogen (secondary N) is 1. The Morgan fingerprint density at radius 1 is 1.00 bits per heavy atom. The number of fused-ring (bicyclic) bond motifs is 2. The van der Waals surface area contributed by atoms with E-state index >= 15 is 0 Å². The molecule has 5 rings (SSSR count). The van der Waals surface area contributed by atoms with Crippen LogP contribution in [-0.2, 0) is 0 Å². The largest absolute Gasteiger partial charge is 0.619 e. The Kier molecular flexibility index (Phi) is 5.37. The van der Waals surface area contributed by atoms with Gasteiger partial charge in [0.1, 0.15) is 11.8 Å². The molecule has 170 valence electrons. The van der Waals surface area contributed by atoms with Crippen molar-refractivity contribution >= 4 is 39.4 Å². The van der Waals surface area contributed by atoms with Crippen LogP contribution in [0.1, 0.15) is 11.6 Å². The van der Waals surface area contributed by atoms with E-state index in [0.717, 1.165) is 12.5 Å². The maximum atomic E-state index is 14.5. The number of aromatic nitrogens is 5. The molecule has 4 heterocycles. The Hall–Kier alpha value is -4.05. The first-order valence-electron chi connectivity index (χ1n) is 9.98. The van der Waals surface area contributed by atoms with E-state index in [2.05, 4.69) is 25.3 Å². The van der Waals surface area contributed by atoms with E-state index in [9.17, 15) is 18.4 Å². The summed E-state index contributed by atoms with van der Waals surface area (Å²) < 4.78 is 44.0. The minimum atomic E-state index is -4.75. The number of nitrogens with zero attached hydrogens (tertiary/aromatic N) is 5. The molecule has 1 N–H and O–H groups in total. The number of benzene rings is 1. The first kappa shape index (κ1) is 21.8. The number of alkyl halides is 3. The molecule has 1 atom stereocenters. The average Bonchev–Trinajstić information content (AvgIpc) is 2.81. The molecule has 0 amide bonds. The lowest BCUT2D eigenvalue weighted by Crippen LogP contribution is -2.30. The van der Waals surface area contributed by atoms with Gasteiger partial charge in [0.25, 0.3) is 0 Å². The SMILES string of the molecule is [O-][n+]1cccc(-c2nc3c(Cl)cccc3cc2[C@H](Nc2ncnc3cccnc23)C(F)(F)F)c1. The smallest absolute Gasteiger partial charge is 0.412 e. The number of halogens is 4. The minimum absolute atomic E-state index is 0.0352. The van der Waals surface area contributed by atoms with E-state index in [-0.39, 0.29) is 33.2 Å². The summed E-state index contributed by atoms with van der Waals surface area (Å²) >= 11 is 6.27. The summed E-state index contributed by atoms with van der Waals surface area (Å²) in [6, 6.07) is 10.2. The van der Waals surface area contributed by atoms with Gasteiger partial charge >= 0.3 is 6.18 Å². The lowest BCUT2D eigenvalue weighted by Gasteiger charge is -2.25. The van der Waals surface area contributed by atoms with E-state index < -0.39 is 12.2 Å². The lowest BCUT2D eigenvalue weighted by atomic mass is 9.98. The van der Waals surface area contributed by atoms with Crippen molar-refractivity contribution in [3.8, 4) is 11.3 Å². The molecule has 0 aliphatic carbocycles. The Bertz CT molecular complexity index is 1520. The minimum Gasteiger partial charge on any atom is -0.619 e. The zero-order chi connectivity index (χ0) is 23.9. The van der Waals surface area contributed by atoms with Crippen molar-refractivity contribution in [3.05, 3.63) is 89.2 Å². The summed E-state index contributed by atoms with van der Waals surface area (Å²) in [6.45, 7) is 0. The van der Waals surface area contributed by atoms with Gasteiger partial charge in [0.2, 0.25) is 0 Å². The second-order valence-electron chi connectivity index (χ2n) is 7.40. The molecule has 4 aromatic heterocycles. The third-order valence-corrected chi connectivity index (χ3v) is 5.49. The van der Waals surface area contributed by atoms with Gasteiger partial charge < -0.3 is 10.5 Å². The highest BCUT2D eigenvalue weighted by atomic mass is 35.5. The van der Waals surface area contributed by atoms with E-state index in [1.165, 1.54) is 30.6 Å². The van der Waals surface area contributed by atoms with Crippen LogP contribution in [0.15, 0.2) is 73.4 Å². The average molecular weight is 483 g/mol. The van der Waals surface area contributed by atoms with Gasteiger partial charge in [-0.2, -0.15) is 17.9 Å². The lowest BCUT2D eigenvalue weighted by molar-refractivity contribution is -0.604. The molecule has 7 nitrogen and oxygen atoms in total. The van der Waals surface area contributed by atoms with Crippen molar-refractivity contribution in [1.29, 1.82) is 0 Å². The van der Waals surface area contributed by atoms with Crippen molar-refractivity contribution < 1.29 is 17.9 Å². The van der Waals surface area contributed by atoms with Crippen LogP contribution in [0, 0.1) is 5.21 Å². The van der Waals surface area contributed by atoms with Gasteiger partial charge in [0, 0.05) is 23.2 Å². The van der Waals surface area contributed by atoms with Crippen LogP contribution < -0.4 is 10.0 Å². The molecule has 0 aliphatic rings. The Morgan fingerprint density at radius 2 is 1.85 bits per heavy atom. The zero-order valence-corrected chi connectivity index (χ0v) is 17.9. The van der Waals surface area contributed by atoms with Crippen LogP contribution in [0.5, 0.6) is 0 Å². The van der Waals surface area contributed by atoms with Crippen LogP contribution in [0.2, 0.25) is 5.02 Å². The molecule has 0 saturated heterocycles. The van der Waals surface area contributed by atoms with Gasteiger partial charge in [-0.25, -0.2) is 15.0 Å².